The number of aromatic nitrogens is 2. The van der Waals surface area contributed by atoms with Gasteiger partial charge in [0.05, 0.1) is 34.4 Å². The molecule has 1 aromatic heterocycles. The SMILES string of the molecule is Cc1nn(-c2ccccc2)c(C)c1NC(=O)COC(=O)/C=C/c1ccc(C#N)cc1. The van der Waals surface area contributed by atoms with Crippen LogP contribution in [0.25, 0.3) is 11.8 Å². The average molecular weight is 400 g/mol. The molecule has 0 fully saturated rings. The average Bonchev–Trinajstić information content (AvgIpc) is 3.05. The lowest BCUT2D eigenvalue weighted by Gasteiger charge is -2.07. The van der Waals surface area contributed by atoms with Crippen LogP contribution in [0.3, 0.4) is 0 Å². The molecule has 3 rings (SSSR count). The number of anilines is 1. The van der Waals surface area contributed by atoms with Crippen LogP contribution in [-0.2, 0) is 14.3 Å². The molecule has 1 heterocycles. The number of esters is 1. The summed E-state index contributed by atoms with van der Waals surface area (Å²) in [5.74, 6) is -1.09. The third kappa shape index (κ3) is 5.00. The Morgan fingerprint density at radius 1 is 1.13 bits per heavy atom. The second-order valence-electron chi connectivity index (χ2n) is 6.52. The molecule has 150 valence electrons. The largest absolute Gasteiger partial charge is 0.452 e. The lowest BCUT2D eigenvalue weighted by Crippen LogP contribution is -2.20. The van der Waals surface area contributed by atoms with Gasteiger partial charge in [-0.2, -0.15) is 10.4 Å². The number of nitriles is 1. The highest BCUT2D eigenvalue weighted by atomic mass is 16.5. The smallest absolute Gasteiger partial charge is 0.331 e. The molecule has 0 aliphatic heterocycles. The molecule has 0 radical (unpaired) electrons. The van der Waals surface area contributed by atoms with E-state index in [0.29, 0.717) is 16.9 Å². The summed E-state index contributed by atoms with van der Waals surface area (Å²) in [6, 6.07) is 18.3. The van der Waals surface area contributed by atoms with Gasteiger partial charge in [-0.3, -0.25) is 4.79 Å². The maximum absolute atomic E-state index is 12.2. The zero-order valence-electron chi connectivity index (χ0n) is 16.6. The first kappa shape index (κ1) is 20.6. The van der Waals surface area contributed by atoms with E-state index in [4.69, 9.17) is 10.00 Å². The first-order chi connectivity index (χ1) is 14.5. The first-order valence-corrected chi connectivity index (χ1v) is 9.24. The molecule has 0 bridgehead atoms. The van der Waals surface area contributed by atoms with Crippen molar-refractivity contribution in [2.24, 2.45) is 0 Å². The Morgan fingerprint density at radius 2 is 1.83 bits per heavy atom. The lowest BCUT2D eigenvalue weighted by atomic mass is 10.1. The number of carbonyl (C=O) groups excluding carboxylic acids is 2. The highest BCUT2D eigenvalue weighted by Gasteiger charge is 2.15. The predicted molar refractivity (Wildman–Crippen MR) is 113 cm³/mol. The van der Waals surface area contributed by atoms with Crippen LogP contribution < -0.4 is 5.32 Å². The number of rotatable bonds is 6. The minimum absolute atomic E-state index is 0.411. The van der Waals surface area contributed by atoms with E-state index in [0.717, 1.165) is 16.9 Å². The maximum atomic E-state index is 12.2. The number of amides is 1. The van der Waals surface area contributed by atoms with Crippen molar-refractivity contribution in [1.29, 1.82) is 5.26 Å². The van der Waals surface area contributed by atoms with E-state index in [2.05, 4.69) is 10.4 Å². The molecule has 1 N–H and O–H groups in total. The molecule has 2 aromatic carbocycles. The topological polar surface area (TPSA) is 97.0 Å². The predicted octanol–water partition coefficient (Wildman–Crippen LogP) is 3.56. The number of benzene rings is 2. The number of hydrogen-bond acceptors (Lipinski definition) is 5. The summed E-state index contributed by atoms with van der Waals surface area (Å²) in [6.07, 6.45) is 2.79. The van der Waals surface area contributed by atoms with Gasteiger partial charge in [0.15, 0.2) is 6.61 Å². The molecule has 0 aliphatic carbocycles. The zero-order valence-corrected chi connectivity index (χ0v) is 16.6. The molecule has 7 nitrogen and oxygen atoms in total. The Balaban J connectivity index is 1.57. The van der Waals surface area contributed by atoms with Crippen LogP contribution in [0.4, 0.5) is 5.69 Å². The van der Waals surface area contributed by atoms with E-state index in [9.17, 15) is 9.59 Å². The second kappa shape index (κ2) is 9.34. The first-order valence-electron chi connectivity index (χ1n) is 9.24. The van der Waals surface area contributed by atoms with Crippen LogP contribution in [0.5, 0.6) is 0 Å². The van der Waals surface area contributed by atoms with E-state index in [1.54, 1.807) is 41.9 Å². The Bertz CT molecular complexity index is 1120. The van der Waals surface area contributed by atoms with Crippen molar-refractivity contribution in [3.05, 3.63) is 83.2 Å². The van der Waals surface area contributed by atoms with Crippen molar-refractivity contribution in [3.8, 4) is 11.8 Å². The second-order valence-corrected chi connectivity index (χ2v) is 6.52. The Hall–Kier alpha value is -4.18. The van der Waals surface area contributed by atoms with Crippen LogP contribution in [-0.4, -0.2) is 28.3 Å². The van der Waals surface area contributed by atoms with Crippen molar-refractivity contribution in [1.82, 2.24) is 9.78 Å². The van der Waals surface area contributed by atoms with Crippen LogP contribution in [0.1, 0.15) is 22.5 Å². The molecule has 0 saturated carbocycles. The van der Waals surface area contributed by atoms with Crippen LogP contribution in [0.15, 0.2) is 60.7 Å². The standard InChI is InChI=1S/C23H20N4O3/c1-16-23(17(2)27(26-16)20-6-4-3-5-7-20)25-21(28)15-30-22(29)13-12-18-8-10-19(14-24)11-9-18/h3-13H,15H2,1-2H3,(H,25,28)/b13-12+. The monoisotopic (exact) mass is 400 g/mol. The van der Waals surface area contributed by atoms with Gasteiger partial charge in [-0.25, -0.2) is 9.48 Å². The Kier molecular flexibility index (Phi) is 6.40. The summed E-state index contributed by atoms with van der Waals surface area (Å²) >= 11 is 0. The molecule has 0 saturated heterocycles. The van der Waals surface area contributed by atoms with Crippen LogP contribution in [0.2, 0.25) is 0 Å². The van der Waals surface area contributed by atoms with Gasteiger partial charge in [0, 0.05) is 6.08 Å². The fourth-order valence-electron chi connectivity index (χ4n) is 2.84. The number of carbonyl (C=O) groups is 2. The maximum Gasteiger partial charge on any atom is 0.331 e. The fourth-order valence-corrected chi connectivity index (χ4v) is 2.84. The molecule has 0 aliphatic rings. The van der Waals surface area contributed by atoms with Gasteiger partial charge < -0.3 is 10.1 Å². The third-order valence-electron chi connectivity index (χ3n) is 4.35. The minimum Gasteiger partial charge on any atom is -0.452 e. The molecule has 3 aromatic rings. The fraction of sp³-hybridized carbons (Fsp3) is 0.130. The molecule has 1 amide bonds. The number of hydrogen-bond donors (Lipinski definition) is 1. The van der Waals surface area contributed by atoms with Crippen molar-refractivity contribution in [2.45, 2.75) is 13.8 Å². The highest BCUT2D eigenvalue weighted by molar-refractivity contribution is 5.95. The van der Waals surface area contributed by atoms with E-state index in [1.807, 2.05) is 43.3 Å². The van der Waals surface area contributed by atoms with E-state index < -0.39 is 18.5 Å². The molecular formula is C23H20N4O3. The lowest BCUT2D eigenvalue weighted by molar-refractivity contribution is -0.142. The highest BCUT2D eigenvalue weighted by Crippen LogP contribution is 2.22. The van der Waals surface area contributed by atoms with Crippen LogP contribution in [0, 0.1) is 25.2 Å². The van der Waals surface area contributed by atoms with Gasteiger partial charge in [0.2, 0.25) is 0 Å². The van der Waals surface area contributed by atoms with Crippen molar-refractivity contribution < 1.29 is 14.3 Å². The van der Waals surface area contributed by atoms with Crippen molar-refractivity contribution >= 4 is 23.6 Å². The number of nitrogens with zero attached hydrogens (tertiary/aromatic N) is 3. The number of ether oxygens (including phenoxy) is 1. The van der Waals surface area contributed by atoms with Gasteiger partial charge in [-0.15, -0.1) is 0 Å². The van der Waals surface area contributed by atoms with Gasteiger partial charge in [-0.05, 0) is 49.8 Å². The van der Waals surface area contributed by atoms with E-state index in [1.165, 1.54) is 6.08 Å². The molecule has 0 unspecified atom stereocenters. The summed E-state index contributed by atoms with van der Waals surface area (Å²) in [7, 11) is 0. The van der Waals surface area contributed by atoms with Gasteiger partial charge >= 0.3 is 5.97 Å². The third-order valence-corrected chi connectivity index (χ3v) is 4.35. The Morgan fingerprint density at radius 3 is 2.50 bits per heavy atom. The van der Waals surface area contributed by atoms with Crippen LogP contribution >= 0.6 is 0 Å². The van der Waals surface area contributed by atoms with Gasteiger partial charge in [0.25, 0.3) is 5.91 Å². The molecule has 0 atom stereocenters. The zero-order chi connectivity index (χ0) is 21.5. The molecule has 7 heteroatoms. The van der Waals surface area contributed by atoms with Gasteiger partial charge in [0.1, 0.15) is 0 Å². The number of nitrogens with one attached hydrogen (secondary N) is 1. The molecule has 30 heavy (non-hydrogen) atoms. The number of aryl methyl sites for hydroxylation is 1. The minimum atomic E-state index is -0.636. The molecular weight excluding hydrogens is 380 g/mol. The quantitative estimate of drug-likeness (QED) is 0.504. The van der Waals surface area contributed by atoms with Gasteiger partial charge in [-0.1, -0.05) is 30.3 Å². The molecule has 0 spiro atoms. The summed E-state index contributed by atoms with van der Waals surface area (Å²) in [5, 5.41) is 16.0. The summed E-state index contributed by atoms with van der Waals surface area (Å²) in [5.41, 5.74) is 4.20. The summed E-state index contributed by atoms with van der Waals surface area (Å²) in [6.45, 7) is 3.25. The Labute approximate surface area is 174 Å². The number of para-hydroxylation sites is 1. The van der Waals surface area contributed by atoms with Crippen molar-refractivity contribution in [2.75, 3.05) is 11.9 Å². The summed E-state index contributed by atoms with van der Waals surface area (Å²) < 4.78 is 6.74. The normalized spacial score (nSPS) is 10.6. The van der Waals surface area contributed by atoms with Crippen molar-refractivity contribution in [3.63, 3.8) is 0 Å². The van der Waals surface area contributed by atoms with E-state index >= 15 is 0 Å². The summed E-state index contributed by atoms with van der Waals surface area (Å²) in [4.78, 5) is 24.1. The van der Waals surface area contributed by atoms with E-state index in [-0.39, 0.29) is 0 Å².